The molecule has 0 amide bonds. The van der Waals surface area contributed by atoms with Crippen LogP contribution in [0.25, 0.3) is 0 Å². The van der Waals surface area contributed by atoms with Crippen molar-refractivity contribution in [3.05, 3.63) is 0 Å². The van der Waals surface area contributed by atoms with E-state index in [2.05, 4.69) is 0 Å². The van der Waals surface area contributed by atoms with Gasteiger partial charge >= 0.3 is 0 Å². The van der Waals surface area contributed by atoms with E-state index >= 15 is 0 Å². The number of hydrogen-bond acceptors (Lipinski definition) is 0. The van der Waals surface area contributed by atoms with E-state index in [9.17, 15) is 0 Å². The van der Waals surface area contributed by atoms with Gasteiger partial charge in [-0.1, -0.05) is 0 Å². The van der Waals surface area contributed by atoms with E-state index in [0.29, 0.717) is 0 Å². The summed E-state index contributed by atoms with van der Waals surface area (Å²) < 4.78 is 0. The first-order chi connectivity index (χ1) is 0. The van der Waals surface area contributed by atoms with Crippen LogP contribution in [0.2, 0.25) is 0 Å². The summed E-state index contributed by atoms with van der Waals surface area (Å²) in [6, 6.07) is 0. The molecule has 0 saturated carbocycles. The smallest absolute Gasteiger partial charge is 0 e. The molecule has 0 rings (SSSR count). The maximum Gasteiger partial charge on any atom is 0 e. The van der Waals surface area contributed by atoms with Crippen molar-refractivity contribution in [2.45, 2.75) is 0 Å². The molecule has 0 fully saturated rings. The molecule has 4 heteroatoms. The SMILES string of the molecule is P.[Mo].[V].[V]. The van der Waals surface area contributed by atoms with Crippen molar-refractivity contribution in [2.75, 3.05) is 0 Å². The molecule has 0 saturated heterocycles. The van der Waals surface area contributed by atoms with Crippen LogP contribution in [0.1, 0.15) is 0 Å². The summed E-state index contributed by atoms with van der Waals surface area (Å²) in [6.45, 7) is 0. The van der Waals surface area contributed by atoms with Crippen molar-refractivity contribution >= 4 is 9.90 Å². The second-order valence-corrected chi connectivity index (χ2v) is 0. The van der Waals surface area contributed by atoms with Gasteiger partial charge in [0.15, 0.2) is 0 Å². The topological polar surface area (TPSA) is 0 Å². The van der Waals surface area contributed by atoms with Gasteiger partial charge in [0.05, 0.1) is 0 Å². The summed E-state index contributed by atoms with van der Waals surface area (Å²) in [6.07, 6.45) is 0. The van der Waals surface area contributed by atoms with Crippen molar-refractivity contribution < 1.29 is 58.2 Å². The van der Waals surface area contributed by atoms with E-state index in [1.54, 1.807) is 0 Å². The van der Waals surface area contributed by atoms with Crippen LogP contribution in [0, 0.1) is 0 Å². The zero-order valence-corrected chi connectivity index (χ0v) is 8.22. The van der Waals surface area contributed by atoms with E-state index < -0.39 is 0 Å². The molecule has 0 aliphatic carbocycles. The predicted octanol–water partition coefficient (Wildman–Crippen LogP) is 0.0506. The second kappa shape index (κ2) is 18.6. The average molecular weight is 232 g/mol. The Kier molecular flexibility index (Phi) is 156. The van der Waals surface area contributed by atoms with Crippen LogP contribution >= 0.6 is 9.90 Å². The summed E-state index contributed by atoms with van der Waals surface area (Å²) in [5.74, 6) is 0. The molecule has 0 aromatic heterocycles. The third-order valence-corrected chi connectivity index (χ3v) is 0. The minimum absolute atomic E-state index is 0. The van der Waals surface area contributed by atoms with E-state index in [4.69, 9.17) is 0 Å². The first-order valence-electron chi connectivity index (χ1n) is 0. The van der Waals surface area contributed by atoms with Crippen LogP contribution in [0.4, 0.5) is 0 Å². The van der Waals surface area contributed by atoms with Gasteiger partial charge in [-0.25, -0.2) is 0 Å². The Morgan fingerprint density at radius 2 is 0.750 bits per heavy atom. The van der Waals surface area contributed by atoms with Crippen LogP contribution in [-0.4, -0.2) is 0 Å². The standard InChI is InChI=1S/Mo.H3P.2V/h;1H3;;. The van der Waals surface area contributed by atoms with Crippen molar-refractivity contribution in [3.8, 4) is 0 Å². The van der Waals surface area contributed by atoms with Gasteiger partial charge in [0.1, 0.15) is 0 Å². The molecular weight excluding hydrogens is 229 g/mol. The fourth-order valence-electron chi connectivity index (χ4n) is 0. The summed E-state index contributed by atoms with van der Waals surface area (Å²) >= 11 is 0. The van der Waals surface area contributed by atoms with Crippen LogP contribution < -0.4 is 0 Å². The van der Waals surface area contributed by atoms with Crippen LogP contribution in [-0.2, 0) is 58.2 Å². The molecule has 0 nitrogen and oxygen atoms in total. The quantitative estimate of drug-likeness (QED) is 0.409. The summed E-state index contributed by atoms with van der Waals surface area (Å²) in [7, 11) is 0. The summed E-state index contributed by atoms with van der Waals surface area (Å²) in [4.78, 5) is 0. The fourth-order valence-corrected chi connectivity index (χ4v) is 0. The number of rotatable bonds is 0. The molecule has 4 heavy (non-hydrogen) atoms. The van der Waals surface area contributed by atoms with E-state index in [1.165, 1.54) is 0 Å². The van der Waals surface area contributed by atoms with Crippen molar-refractivity contribution in [1.29, 1.82) is 0 Å². The molecule has 0 aromatic carbocycles. The summed E-state index contributed by atoms with van der Waals surface area (Å²) in [5, 5.41) is 0. The zero-order valence-electron chi connectivity index (χ0n) is 2.01. The zero-order chi connectivity index (χ0) is 0. The largest absolute Gasteiger partial charge is 0.153 e. The Morgan fingerprint density at radius 3 is 0.750 bits per heavy atom. The normalized spacial score (nSPS) is 0. The third-order valence-electron chi connectivity index (χ3n) is 0. The molecule has 1 atom stereocenters. The van der Waals surface area contributed by atoms with Gasteiger partial charge in [-0.2, -0.15) is 9.90 Å². The second-order valence-electron chi connectivity index (χ2n) is 0. The molecule has 0 aliphatic heterocycles. The maximum absolute atomic E-state index is 0. The number of hydrogen-bond donors (Lipinski definition) is 0. The minimum Gasteiger partial charge on any atom is -0.153 e. The fraction of sp³-hybridized carbons (Fsp3) is 0. The van der Waals surface area contributed by atoms with Crippen LogP contribution in [0.15, 0.2) is 0 Å². The molecule has 0 aromatic rings. The van der Waals surface area contributed by atoms with Gasteiger partial charge < -0.3 is 0 Å². The molecule has 1 unspecified atom stereocenters. The molecule has 0 spiro atoms. The van der Waals surface area contributed by atoms with Gasteiger partial charge in [0.25, 0.3) is 0 Å². The first-order valence-corrected chi connectivity index (χ1v) is 0. The molecule has 0 bridgehead atoms. The maximum atomic E-state index is 0. The Labute approximate surface area is 67.5 Å². The Bertz CT molecular complexity index is 6.00. The van der Waals surface area contributed by atoms with Gasteiger partial charge in [-0.3, -0.25) is 0 Å². The molecule has 0 heterocycles. The van der Waals surface area contributed by atoms with Crippen molar-refractivity contribution in [3.63, 3.8) is 0 Å². The summed E-state index contributed by atoms with van der Waals surface area (Å²) in [5.41, 5.74) is 0. The molecular formula is H3MoPV2. The van der Waals surface area contributed by atoms with Gasteiger partial charge in [0.2, 0.25) is 0 Å². The Morgan fingerprint density at radius 1 is 0.750 bits per heavy atom. The predicted molar refractivity (Wildman–Crippen MR) is 11.1 cm³/mol. The van der Waals surface area contributed by atoms with E-state index in [-0.39, 0.29) is 68.1 Å². The van der Waals surface area contributed by atoms with Gasteiger partial charge in [-0.05, 0) is 0 Å². The first kappa shape index (κ1) is 33.6. The Hall–Kier alpha value is 2.29. The van der Waals surface area contributed by atoms with E-state index in [1.807, 2.05) is 0 Å². The van der Waals surface area contributed by atoms with Crippen LogP contribution in [0.5, 0.6) is 0 Å². The van der Waals surface area contributed by atoms with Gasteiger partial charge in [-0.15, -0.1) is 0 Å². The third kappa shape index (κ3) is 8.86. The Balaban J connectivity index is 0. The minimum atomic E-state index is 0. The molecule has 0 aliphatic rings. The average Bonchev–Trinajstić information content (AvgIpc) is 0. The molecule has 2 radical (unpaired) electrons. The van der Waals surface area contributed by atoms with Gasteiger partial charge in [0, 0.05) is 58.2 Å². The monoisotopic (exact) mass is 234 g/mol. The van der Waals surface area contributed by atoms with E-state index in [0.717, 1.165) is 0 Å². The van der Waals surface area contributed by atoms with Crippen molar-refractivity contribution in [2.24, 2.45) is 0 Å². The molecule has 0 N–H and O–H groups in total. The van der Waals surface area contributed by atoms with Crippen molar-refractivity contribution in [1.82, 2.24) is 0 Å². The molecule has 24 valence electrons. The van der Waals surface area contributed by atoms with Crippen LogP contribution in [0.3, 0.4) is 0 Å².